The molecule has 0 N–H and O–H groups in total. The molecule has 0 aliphatic carbocycles. The maximum absolute atomic E-state index is 9.41. The Balaban J connectivity index is 2.91. The summed E-state index contributed by atoms with van der Waals surface area (Å²) in [5.74, 6) is 0. The van der Waals surface area contributed by atoms with Crippen molar-refractivity contribution in [2.45, 2.75) is 39.2 Å². The SMILES string of the molecule is CCC(C#N)(CC)CC(C#N)N(C)c1ccccc1. The first-order chi connectivity index (χ1) is 9.12. The summed E-state index contributed by atoms with van der Waals surface area (Å²) >= 11 is 0. The van der Waals surface area contributed by atoms with Crippen LogP contribution in [0.5, 0.6) is 0 Å². The molecule has 0 radical (unpaired) electrons. The third-order valence-corrected chi connectivity index (χ3v) is 3.95. The molecule has 0 aromatic heterocycles. The minimum atomic E-state index is -0.399. The average molecular weight is 255 g/mol. The molecule has 100 valence electrons. The van der Waals surface area contributed by atoms with E-state index in [4.69, 9.17) is 0 Å². The Morgan fingerprint density at radius 3 is 2.16 bits per heavy atom. The van der Waals surface area contributed by atoms with E-state index in [0.717, 1.165) is 18.5 Å². The van der Waals surface area contributed by atoms with Crippen LogP contribution in [0.1, 0.15) is 33.1 Å². The topological polar surface area (TPSA) is 50.8 Å². The standard InChI is InChI=1S/C16H21N3/c1-4-16(5-2,13-18)11-15(12-17)19(3)14-9-7-6-8-10-14/h6-10,15H,4-5,11H2,1-3H3. The molecule has 0 aliphatic heterocycles. The third-order valence-electron chi connectivity index (χ3n) is 3.95. The molecule has 0 amide bonds. The van der Waals surface area contributed by atoms with Crippen LogP contribution in [0.4, 0.5) is 5.69 Å². The van der Waals surface area contributed by atoms with E-state index < -0.39 is 5.41 Å². The van der Waals surface area contributed by atoms with Gasteiger partial charge >= 0.3 is 0 Å². The fraction of sp³-hybridized carbons (Fsp3) is 0.500. The second-order valence-electron chi connectivity index (χ2n) is 4.89. The number of hydrogen-bond acceptors (Lipinski definition) is 3. The van der Waals surface area contributed by atoms with E-state index in [1.54, 1.807) is 0 Å². The molecule has 1 aromatic carbocycles. The number of anilines is 1. The Bertz CT molecular complexity index is 463. The molecular weight excluding hydrogens is 234 g/mol. The Labute approximate surface area is 116 Å². The summed E-state index contributed by atoms with van der Waals surface area (Å²) in [6, 6.07) is 14.3. The van der Waals surface area contributed by atoms with Gasteiger partial charge < -0.3 is 4.90 Å². The number of hydrogen-bond donors (Lipinski definition) is 0. The highest BCUT2D eigenvalue weighted by atomic mass is 15.1. The van der Waals surface area contributed by atoms with Crippen molar-refractivity contribution in [3.05, 3.63) is 30.3 Å². The lowest BCUT2D eigenvalue weighted by atomic mass is 9.78. The maximum atomic E-state index is 9.41. The summed E-state index contributed by atoms with van der Waals surface area (Å²) in [7, 11) is 1.91. The van der Waals surface area contributed by atoms with Crippen molar-refractivity contribution in [2.75, 3.05) is 11.9 Å². The monoisotopic (exact) mass is 255 g/mol. The van der Waals surface area contributed by atoms with E-state index in [9.17, 15) is 10.5 Å². The molecule has 0 spiro atoms. The van der Waals surface area contributed by atoms with Gasteiger partial charge in [-0.05, 0) is 31.4 Å². The molecule has 0 aliphatic rings. The fourth-order valence-electron chi connectivity index (χ4n) is 2.22. The minimum absolute atomic E-state index is 0.276. The van der Waals surface area contributed by atoms with Crippen LogP contribution in [0.25, 0.3) is 0 Å². The molecule has 19 heavy (non-hydrogen) atoms. The molecule has 1 unspecified atom stereocenters. The summed E-state index contributed by atoms with van der Waals surface area (Å²) in [6.07, 6.45) is 2.14. The molecule has 1 atom stereocenters. The molecule has 0 saturated heterocycles. The van der Waals surface area contributed by atoms with Crippen molar-refractivity contribution >= 4 is 5.69 Å². The molecule has 0 fully saturated rings. The minimum Gasteiger partial charge on any atom is -0.359 e. The highest BCUT2D eigenvalue weighted by Gasteiger charge is 2.31. The lowest BCUT2D eigenvalue weighted by Gasteiger charge is -2.31. The van der Waals surface area contributed by atoms with Gasteiger partial charge in [0.15, 0.2) is 0 Å². The van der Waals surface area contributed by atoms with Crippen LogP contribution < -0.4 is 4.90 Å². The average Bonchev–Trinajstić information content (AvgIpc) is 2.50. The number of para-hydroxylation sites is 1. The van der Waals surface area contributed by atoms with Gasteiger partial charge in [-0.1, -0.05) is 32.0 Å². The highest BCUT2D eigenvalue weighted by Crippen LogP contribution is 2.33. The Morgan fingerprint density at radius 2 is 1.74 bits per heavy atom. The zero-order chi connectivity index (χ0) is 14.3. The Morgan fingerprint density at radius 1 is 1.16 bits per heavy atom. The molecule has 3 heteroatoms. The summed E-state index contributed by atoms with van der Waals surface area (Å²) in [5.41, 5.74) is 0.608. The summed E-state index contributed by atoms with van der Waals surface area (Å²) in [6.45, 7) is 4.04. The first-order valence-electron chi connectivity index (χ1n) is 6.71. The van der Waals surface area contributed by atoms with Crippen molar-refractivity contribution in [1.29, 1.82) is 10.5 Å². The molecule has 0 heterocycles. The fourth-order valence-corrected chi connectivity index (χ4v) is 2.22. The van der Waals surface area contributed by atoms with Crippen LogP contribution in [-0.4, -0.2) is 13.1 Å². The van der Waals surface area contributed by atoms with E-state index in [1.807, 2.05) is 56.1 Å². The first kappa shape index (κ1) is 15.1. The second-order valence-corrected chi connectivity index (χ2v) is 4.89. The van der Waals surface area contributed by atoms with Crippen molar-refractivity contribution in [2.24, 2.45) is 5.41 Å². The number of rotatable bonds is 6. The number of nitriles is 2. The molecule has 3 nitrogen and oxygen atoms in total. The first-order valence-corrected chi connectivity index (χ1v) is 6.71. The van der Waals surface area contributed by atoms with Crippen LogP contribution in [0.15, 0.2) is 30.3 Å². The quantitative estimate of drug-likeness (QED) is 0.778. The lowest BCUT2D eigenvalue weighted by Crippen LogP contribution is -2.35. The van der Waals surface area contributed by atoms with E-state index in [-0.39, 0.29) is 6.04 Å². The van der Waals surface area contributed by atoms with Crippen molar-refractivity contribution in [3.63, 3.8) is 0 Å². The van der Waals surface area contributed by atoms with Gasteiger partial charge in [-0.25, -0.2) is 0 Å². The second kappa shape index (κ2) is 6.81. The lowest BCUT2D eigenvalue weighted by molar-refractivity contribution is 0.322. The van der Waals surface area contributed by atoms with Crippen molar-refractivity contribution < 1.29 is 0 Å². The maximum Gasteiger partial charge on any atom is 0.118 e. The Hall–Kier alpha value is -2.00. The summed E-state index contributed by atoms with van der Waals surface area (Å²) in [5, 5.41) is 18.8. The zero-order valence-electron chi connectivity index (χ0n) is 11.9. The van der Waals surface area contributed by atoms with Gasteiger partial charge in [0, 0.05) is 12.7 Å². The number of nitrogens with zero attached hydrogens (tertiary/aromatic N) is 3. The van der Waals surface area contributed by atoms with E-state index in [0.29, 0.717) is 6.42 Å². The van der Waals surface area contributed by atoms with Gasteiger partial charge in [-0.15, -0.1) is 0 Å². The summed E-state index contributed by atoms with van der Waals surface area (Å²) in [4.78, 5) is 1.96. The van der Waals surface area contributed by atoms with Gasteiger partial charge in [0.05, 0.1) is 17.6 Å². The normalized spacial score (nSPS) is 12.3. The van der Waals surface area contributed by atoms with Gasteiger partial charge in [0.25, 0.3) is 0 Å². The van der Waals surface area contributed by atoms with E-state index in [2.05, 4.69) is 12.1 Å². The number of benzene rings is 1. The van der Waals surface area contributed by atoms with Gasteiger partial charge in [0.2, 0.25) is 0 Å². The van der Waals surface area contributed by atoms with Crippen LogP contribution in [0, 0.1) is 28.1 Å². The molecule has 0 bridgehead atoms. The zero-order valence-corrected chi connectivity index (χ0v) is 11.9. The highest BCUT2D eigenvalue weighted by molar-refractivity contribution is 5.47. The predicted molar refractivity (Wildman–Crippen MR) is 77.5 cm³/mol. The van der Waals surface area contributed by atoms with Crippen LogP contribution in [0.3, 0.4) is 0 Å². The third kappa shape index (κ3) is 3.48. The van der Waals surface area contributed by atoms with Crippen molar-refractivity contribution in [3.8, 4) is 12.1 Å². The van der Waals surface area contributed by atoms with Crippen molar-refractivity contribution in [1.82, 2.24) is 0 Å². The van der Waals surface area contributed by atoms with E-state index >= 15 is 0 Å². The van der Waals surface area contributed by atoms with Crippen LogP contribution >= 0.6 is 0 Å². The molecular formula is C16H21N3. The smallest absolute Gasteiger partial charge is 0.118 e. The van der Waals surface area contributed by atoms with Gasteiger partial charge in [-0.2, -0.15) is 10.5 Å². The van der Waals surface area contributed by atoms with Gasteiger partial charge in [0.1, 0.15) is 6.04 Å². The molecule has 1 aromatic rings. The Kier molecular flexibility index (Phi) is 5.39. The van der Waals surface area contributed by atoms with Crippen LogP contribution in [0.2, 0.25) is 0 Å². The predicted octanol–water partition coefficient (Wildman–Crippen LogP) is 3.74. The molecule has 1 rings (SSSR count). The van der Waals surface area contributed by atoms with E-state index in [1.165, 1.54) is 0 Å². The van der Waals surface area contributed by atoms with Crippen LogP contribution in [-0.2, 0) is 0 Å². The van der Waals surface area contributed by atoms with Gasteiger partial charge in [-0.3, -0.25) is 0 Å². The summed E-state index contributed by atoms with van der Waals surface area (Å²) < 4.78 is 0. The molecule has 0 saturated carbocycles. The largest absolute Gasteiger partial charge is 0.359 e.